The van der Waals surface area contributed by atoms with Gasteiger partial charge >= 0.3 is 0 Å². The molecule has 0 radical (unpaired) electrons. The maximum Gasteiger partial charge on any atom is 0.213 e. The molecule has 0 bridgehead atoms. The Morgan fingerprint density at radius 3 is 2.96 bits per heavy atom. The van der Waals surface area contributed by atoms with Crippen LogP contribution in [0.25, 0.3) is 0 Å². The molecule has 25 heavy (non-hydrogen) atoms. The number of ether oxygens (including phenoxy) is 1. The molecule has 1 aliphatic heterocycles. The van der Waals surface area contributed by atoms with Crippen molar-refractivity contribution in [2.45, 2.75) is 31.4 Å². The zero-order valence-electron chi connectivity index (χ0n) is 13.7. The highest BCUT2D eigenvalue weighted by atomic mass is 19.1. The van der Waals surface area contributed by atoms with E-state index in [4.69, 9.17) is 10.00 Å². The molecule has 1 aliphatic rings. The Morgan fingerprint density at radius 1 is 1.32 bits per heavy atom. The first-order valence-corrected chi connectivity index (χ1v) is 8.27. The Kier molecular flexibility index (Phi) is 5.56. The van der Waals surface area contributed by atoms with Crippen molar-refractivity contribution >= 4 is 0 Å². The lowest BCUT2D eigenvalue weighted by Crippen LogP contribution is -2.38. The van der Waals surface area contributed by atoms with Crippen LogP contribution >= 0.6 is 0 Å². The van der Waals surface area contributed by atoms with Gasteiger partial charge in [-0.25, -0.2) is 13.8 Å². The van der Waals surface area contributed by atoms with Crippen LogP contribution in [-0.2, 0) is 6.61 Å². The van der Waals surface area contributed by atoms with E-state index in [1.165, 1.54) is 12.1 Å². The van der Waals surface area contributed by atoms with Crippen LogP contribution in [0.5, 0.6) is 5.88 Å². The first-order valence-electron chi connectivity index (χ1n) is 8.27. The van der Waals surface area contributed by atoms with Crippen molar-refractivity contribution in [1.29, 1.82) is 5.26 Å². The van der Waals surface area contributed by atoms with E-state index in [1.54, 1.807) is 12.1 Å². The summed E-state index contributed by atoms with van der Waals surface area (Å²) >= 11 is 0. The molecule has 1 saturated heterocycles. The summed E-state index contributed by atoms with van der Waals surface area (Å²) in [6.07, 6.45) is 1.61. The maximum atomic E-state index is 13.9. The summed E-state index contributed by atoms with van der Waals surface area (Å²) in [4.78, 5) is 4.50. The average Bonchev–Trinajstić information content (AvgIpc) is 2.67. The second kappa shape index (κ2) is 8.04. The third kappa shape index (κ3) is 4.31. The largest absolute Gasteiger partial charge is 0.473 e. The minimum absolute atomic E-state index is 0.0350. The topological polar surface area (TPSA) is 57.9 Å². The number of hydrogen-bond acceptors (Lipinski definition) is 4. The van der Waals surface area contributed by atoms with Gasteiger partial charge in [0.1, 0.15) is 19.1 Å². The summed E-state index contributed by atoms with van der Waals surface area (Å²) in [7, 11) is 0. The molecule has 4 nitrogen and oxygen atoms in total. The molecule has 1 unspecified atom stereocenters. The van der Waals surface area contributed by atoms with Crippen LogP contribution in [0, 0.1) is 17.1 Å². The van der Waals surface area contributed by atoms with Gasteiger partial charge in [-0.2, -0.15) is 5.26 Å². The summed E-state index contributed by atoms with van der Waals surface area (Å²) in [5.41, 5.74) is 1.51. The fourth-order valence-corrected chi connectivity index (χ4v) is 3.02. The summed E-state index contributed by atoms with van der Waals surface area (Å²) in [5, 5.41) is 11.9. The van der Waals surface area contributed by atoms with E-state index in [0.717, 1.165) is 18.7 Å². The molecule has 1 N–H and O–H groups in total. The Hall–Kier alpha value is -2.52. The Bertz CT molecular complexity index is 776. The molecule has 2 aromatic rings. The Morgan fingerprint density at radius 2 is 2.20 bits per heavy atom. The molecule has 2 atom stereocenters. The van der Waals surface area contributed by atoms with Crippen LogP contribution in [0.1, 0.15) is 35.6 Å². The number of halogens is 2. The fraction of sp³-hybridized carbons (Fsp3) is 0.368. The number of pyridine rings is 1. The summed E-state index contributed by atoms with van der Waals surface area (Å²) in [5.74, 6) is 0.133. The van der Waals surface area contributed by atoms with E-state index in [-0.39, 0.29) is 30.8 Å². The second-order valence-corrected chi connectivity index (χ2v) is 6.13. The molecule has 1 aromatic heterocycles. The number of alkyl halides is 1. The van der Waals surface area contributed by atoms with Crippen LogP contribution in [0.4, 0.5) is 8.78 Å². The van der Waals surface area contributed by atoms with Gasteiger partial charge in [0.25, 0.3) is 0 Å². The minimum atomic E-state index is -0.473. The van der Waals surface area contributed by atoms with Crippen molar-refractivity contribution in [2.24, 2.45) is 0 Å². The van der Waals surface area contributed by atoms with E-state index < -0.39 is 5.82 Å². The zero-order valence-corrected chi connectivity index (χ0v) is 13.7. The molecule has 1 aromatic carbocycles. The van der Waals surface area contributed by atoms with Crippen molar-refractivity contribution in [3.05, 3.63) is 59.0 Å². The molecular formula is C19H19F2N3O. The predicted molar refractivity (Wildman–Crippen MR) is 89.4 cm³/mol. The number of benzene rings is 1. The van der Waals surface area contributed by atoms with Crippen molar-refractivity contribution in [3.63, 3.8) is 0 Å². The fourth-order valence-electron chi connectivity index (χ4n) is 3.02. The molecule has 0 amide bonds. The first-order chi connectivity index (χ1) is 12.2. The number of nitrogens with zero attached hydrogens (tertiary/aromatic N) is 2. The number of nitriles is 1. The minimum Gasteiger partial charge on any atom is -0.473 e. The van der Waals surface area contributed by atoms with Gasteiger partial charge in [-0.15, -0.1) is 0 Å². The van der Waals surface area contributed by atoms with Gasteiger partial charge in [-0.3, -0.25) is 0 Å². The molecule has 2 heterocycles. The molecule has 1 fully saturated rings. The smallest absolute Gasteiger partial charge is 0.213 e. The molecule has 0 spiro atoms. The van der Waals surface area contributed by atoms with Crippen molar-refractivity contribution in [2.75, 3.05) is 13.2 Å². The Balaban J connectivity index is 1.67. The monoisotopic (exact) mass is 343 g/mol. The van der Waals surface area contributed by atoms with Gasteiger partial charge in [-0.1, -0.05) is 12.1 Å². The lowest BCUT2D eigenvalue weighted by molar-refractivity contribution is 0.279. The summed E-state index contributed by atoms with van der Waals surface area (Å²) in [6, 6.07) is 11.5. The predicted octanol–water partition coefficient (Wildman–Crippen LogP) is 3.48. The van der Waals surface area contributed by atoms with Crippen LogP contribution in [-0.4, -0.2) is 24.2 Å². The molecule has 130 valence electrons. The first kappa shape index (κ1) is 17.3. The van der Waals surface area contributed by atoms with Crippen molar-refractivity contribution in [3.8, 4) is 11.9 Å². The highest BCUT2D eigenvalue weighted by molar-refractivity contribution is 5.32. The highest BCUT2D eigenvalue weighted by Gasteiger charge is 2.23. The van der Waals surface area contributed by atoms with E-state index in [9.17, 15) is 8.78 Å². The number of aromatic nitrogens is 1. The standard InChI is InChI=1S/C19H19F2N3O/c20-10-16-9-14(6-7-23-16)18-2-1-3-19(24-18)25-12-15-5-4-13(11-22)8-17(15)21/h1-5,8,14,16,23H,6-7,9-10,12H2/t14?,16-/m1/s1. The molecule has 0 aliphatic carbocycles. The molecule has 3 rings (SSSR count). The van der Waals surface area contributed by atoms with Gasteiger partial charge < -0.3 is 10.1 Å². The maximum absolute atomic E-state index is 13.9. The normalized spacial score (nSPS) is 20.0. The zero-order chi connectivity index (χ0) is 17.6. The van der Waals surface area contributed by atoms with E-state index in [1.807, 2.05) is 18.2 Å². The van der Waals surface area contributed by atoms with Crippen LogP contribution < -0.4 is 10.1 Å². The van der Waals surface area contributed by atoms with Gasteiger partial charge in [-0.05, 0) is 37.6 Å². The Labute approximate surface area is 145 Å². The highest BCUT2D eigenvalue weighted by Crippen LogP contribution is 2.28. The van der Waals surface area contributed by atoms with Gasteiger partial charge in [0.2, 0.25) is 5.88 Å². The van der Waals surface area contributed by atoms with Crippen molar-refractivity contribution < 1.29 is 13.5 Å². The van der Waals surface area contributed by atoms with Crippen molar-refractivity contribution in [1.82, 2.24) is 10.3 Å². The molecular weight excluding hydrogens is 324 g/mol. The molecule has 0 saturated carbocycles. The lowest BCUT2D eigenvalue weighted by Gasteiger charge is -2.28. The SMILES string of the molecule is N#Cc1ccc(COc2cccc(C3CCN[C@@H](CF)C3)n2)c(F)c1. The van der Waals surface area contributed by atoms with Crippen LogP contribution in [0.15, 0.2) is 36.4 Å². The number of nitrogens with one attached hydrogen (secondary N) is 1. The average molecular weight is 343 g/mol. The van der Waals surface area contributed by atoms with E-state index in [2.05, 4.69) is 10.3 Å². The third-order valence-electron chi connectivity index (χ3n) is 4.40. The quantitative estimate of drug-likeness (QED) is 0.903. The van der Waals surface area contributed by atoms with Gasteiger partial charge in [0.05, 0.1) is 11.6 Å². The number of piperidine rings is 1. The van der Waals surface area contributed by atoms with E-state index in [0.29, 0.717) is 17.9 Å². The van der Waals surface area contributed by atoms with Gasteiger partial charge in [0.15, 0.2) is 0 Å². The van der Waals surface area contributed by atoms with Crippen LogP contribution in [0.2, 0.25) is 0 Å². The molecule has 6 heteroatoms. The second-order valence-electron chi connectivity index (χ2n) is 6.13. The van der Waals surface area contributed by atoms with Gasteiger partial charge in [0, 0.05) is 29.3 Å². The van der Waals surface area contributed by atoms with Crippen LogP contribution in [0.3, 0.4) is 0 Å². The number of hydrogen-bond donors (Lipinski definition) is 1. The lowest BCUT2D eigenvalue weighted by atomic mass is 9.90. The summed E-state index contributed by atoms with van der Waals surface area (Å²) < 4.78 is 32.4. The number of rotatable bonds is 5. The van der Waals surface area contributed by atoms with E-state index >= 15 is 0 Å². The third-order valence-corrected chi connectivity index (χ3v) is 4.40. The summed E-state index contributed by atoms with van der Waals surface area (Å²) in [6.45, 7) is 0.417.